The fourth-order valence-electron chi connectivity index (χ4n) is 1.54. The van der Waals surface area contributed by atoms with Crippen LogP contribution in [-0.4, -0.2) is 17.1 Å². The van der Waals surface area contributed by atoms with E-state index in [1.165, 1.54) is 0 Å². The van der Waals surface area contributed by atoms with Gasteiger partial charge in [-0.25, -0.2) is 0 Å². The number of benzene rings is 1. The standard InChI is InChI=1S/C14H22N2O2/c1-8-7-11(17)9(2)6-10(8)16-13(18)12(15)14(3,4)5/h6-7,12,17H,15H2,1-5H3,(H,16,18)/t12-/m0/s1. The van der Waals surface area contributed by atoms with Gasteiger partial charge in [0.1, 0.15) is 5.75 Å². The number of anilines is 1. The Morgan fingerprint density at radius 2 is 1.83 bits per heavy atom. The number of carbonyl (C=O) groups is 1. The number of nitrogens with two attached hydrogens (primary N) is 1. The Labute approximate surface area is 108 Å². The van der Waals surface area contributed by atoms with Crippen molar-refractivity contribution in [2.45, 2.75) is 40.7 Å². The minimum atomic E-state index is -0.578. The smallest absolute Gasteiger partial charge is 0.241 e. The zero-order valence-corrected chi connectivity index (χ0v) is 11.7. The van der Waals surface area contributed by atoms with E-state index in [1.54, 1.807) is 19.1 Å². The summed E-state index contributed by atoms with van der Waals surface area (Å²) in [5, 5.41) is 12.4. The third-order valence-electron chi connectivity index (χ3n) is 3.02. The van der Waals surface area contributed by atoms with Gasteiger partial charge in [0.25, 0.3) is 0 Å². The highest BCUT2D eigenvalue weighted by atomic mass is 16.3. The summed E-state index contributed by atoms with van der Waals surface area (Å²) in [6, 6.07) is 2.80. The molecule has 100 valence electrons. The lowest BCUT2D eigenvalue weighted by Crippen LogP contribution is -2.45. The molecule has 4 N–H and O–H groups in total. The van der Waals surface area contributed by atoms with E-state index in [1.807, 2.05) is 27.7 Å². The summed E-state index contributed by atoms with van der Waals surface area (Å²) >= 11 is 0. The van der Waals surface area contributed by atoms with E-state index in [2.05, 4.69) is 5.32 Å². The van der Waals surface area contributed by atoms with Crippen LogP contribution in [0.1, 0.15) is 31.9 Å². The van der Waals surface area contributed by atoms with Crippen LogP contribution < -0.4 is 11.1 Å². The molecule has 0 heterocycles. The van der Waals surface area contributed by atoms with Crippen molar-refractivity contribution in [3.05, 3.63) is 23.3 Å². The maximum absolute atomic E-state index is 12.0. The third kappa shape index (κ3) is 3.23. The van der Waals surface area contributed by atoms with Crippen LogP contribution in [0.4, 0.5) is 5.69 Å². The van der Waals surface area contributed by atoms with E-state index in [-0.39, 0.29) is 17.1 Å². The number of amides is 1. The van der Waals surface area contributed by atoms with Crippen LogP contribution in [0.15, 0.2) is 12.1 Å². The topological polar surface area (TPSA) is 75.4 Å². The predicted molar refractivity (Wildman–Crippen MR) is 73.6 cm³/mol. The molecular weight excluding hydrogens is 228 g/mol. The maximum atomic E-state index is 12.0. The van der Waals surface area contributed by atoms with Crippen molar-refractivity contribution in [2.75, 3.05) is 5.32 Å². The molecule has 18 heavy (non-hydrogen) atoms. The van der Waals surface area contributed by atoms with Gasteiger partial charge in [-0.15, -0.1) is 0 Å². The first kappa shape index (κ1) is 14.5. The van der Waals surface area contributed by atoms with E-state index >= 15 is 0 Å². The molecule has 0 aliphatic heterocycles. The molecule has 1 aromatic carbocycles. The van der Waals surface area contributed by atoms with Gasteiger partial charge in [-0.05, 0) is 42.5 Å². The summed E-state index contributed by atoms with van der Waals surface area (Å²) in [6.45, 7) is 9.38. The van der Waals surface area contributed by atoms with Crippen LogP contribution in [0.3, 0.4) is 0 Å². The average Bonchev–Trinajstić information content (AvgIpc) is 2.23. The van der Waals surface area contributed by atoms with E-state index in [9.17, 15) is 9.90 Å². The minimum absolute atomic E-state index is 0.212. The zero-order chi connectivity index (χ0) is 14.1. The molecule has 0 saturated carbocycles. The quantitative estimate of drug-likeness (QED) is 0.705. The molecule has 1 amide bonds. The molecule has 0 aliphatic carbocycles. The fraction of sp³-hybridized carbons (Fsp3) is 0.500. The number of phenols is 1. The summed E-state index contributed by atoms with van der Waals surface area (Å²) in [4.78, 5) is 12.0. The summed E-state index contributed by atoms with van der Waals surface area (Å²) < 4.78 is 0. The van der Waals surface area contributed by atoms with Crippen LogP contribution >= 0.6 is 0 Å². The molecule has 0 spiro atoms. The summed E-state index contributed by atoms with van der Waals surface area (Å²) in [5.74, 6) is 0.0151. The predicted octanol–water partition coefficient (Wildman–Crippen LogP) is 2.32. The third-order valence-corrected chi connectivity index (χ3v) is 3.02. The normalized spacial score (nSPS) is 13.2. The first-order chi connectivity index (χ1) is 8.12. The molecule has 0 aromatic heterocycles. The van der Waals surface area contributed by atoms with Crippen LogP contribution in [0, 0.1) is 19.3 Å². The molecule has 0 fully saturated rings. The van der Waals surface area contributed by atoms with Gasteiger partial charge in [-0.1, -0.05) is 20.8 Å². The SMILES string of the molecule is Cc1cc(NC(=O)[C@H](N)C(C)(C)C)c(C)cc1O. The van der Waals surface area contributed by atoms with Gasteiger partial charge in [0.15, 0.2) is 0 Å². The highest BCUT2D eigenvalue weighted by Crippen LogP contribution is 2.26. The monoisotopic (exact) mass is 250 g/mol. The van der Waals surface area contributed by atoms with Gasteiger partial charge in [0, 0.05) is 5.69 Å². The minimum Gasteiger partial charge on any atom is -0.508 e. The van der Waals surface area contributed by atoms with Crippen molar-refractivity contribution in [3.8, 4) is 5.75 Å². The van der Waals surface area contributed by atoms with E-state index < -0.39 is 6.04 Å². The first-order valence-corrected chi connectivity index (χ1v) is 5.99. The molecule has 0 unspecified atom stereocenters. The number of carbonyl (C=O) groups excluding carboxylic acids is 1. The van der Waals surface area contributed by atoms with Crippen molar-refractivity contribution in [1.29, 1.82) is 0 Å². The van der Waals surface area contributed by atoms with Gasteiger partial charge in [0.2, 0.25) is 5.91 Å². The maximum Gasteiger partial charge on any atom is 0.241 e. The molecular formula is C14H22N2O2. The average molecular weight is 250 g/mol. The van der Waals surface area contributed by atoms with Crippen molar-refractivity contribution in [3.63, 3.8) is 0 Å². The van der Waals surface area contributed by atoms with Crippen molar-refractivity contribution in [2.24, 2.45) is 11.1 Å². The lowest BCUT2D eigenvalue weighted by molar-refractivity contribution is -0.119. The Kier molecular flexibility index (Phi) is 4.02. The Morgan fingerprint density at radius 3 is 2.33 bits per heavy atom. The van der Waals surface area contributed by atoms with Crippen molar-refractivity contribution < 1.29 is 9.90 Å². The van der Waals surface area contributed by atoms with Crippen LogP contribution in [0.2, 0.25) is 0 Å². The number of nitrogens with one attached hydrogen (secondary N) is 1. The van der Waals surface area contributed by atoms with Gasteiger partial charge in [-0.2, -0.15) is 0 Å². The molecule has 4 heteroatoms. The van der Waals surface area contributed by atoms with Gasteiger partial charge in [-0.3, -0.25) is 4.79 Å². The lowest BCUT2D eigenvalue weighted by Gasteiger charge is -2.26. The second kappa shape index (κ2) is 4.98. The Bertz CT molecular complexity index is 462. The first-order valence-electron chi connectivity index (χ1n) is 5.99. The molecule has 4 nitrogen and oxygen atoms in total. The Hall–Kier alpha value is -1.55. The summed E-state index contributed by atoms with van der Waals surface area (Å²) in [6.07, 6.45) is 0. The molecule has 1 rings (SSSR count). The number of hydrogen-bond acceptors (Lipinski definition) is 3. The molecule has 1 atom stereocenters. The molecule has 1 aromatic rings. The van der Waals surface area contributed by atoms with Crippen molar-refractivity contribution >= 4 is 11.6 Å². The molecule has 0 radical (unpaired) electrons. The Morgan fingerprint density at radius 1 is 1.28 bits per heavy atom. The van der Waals surface area contributed by atoms with Gasteiger partial charge in [0.05, 0.1) is 6.04 Å². The van der Waals surface area contributed by atoms with E-state index in [0.29, 0.717) is 5.69 Å². The summed E-state index contributed by atoms with van der Waals surface area (Å²) in [5.41, 5.74) is 7.84. The summed E-state index contributed by atoms with van der Waals surface area (Å²) in [7, 11) is 0. The van der Waals surface area contributed by atoms with Crippen LogP contribution in [-0.2, 0) is 4.79 Å². The second-order valence-corrected chi connectivity index (χ2v) is 5.79. The molecule has 0 aliphatic rings. The molecule has 0 saturated heterocycles. The van der Waals surface area contributed by atoms with Crippen molar-refractivity contribution in [1.82, 2.24) is 0 Å². The largest absolute Gasteiger partial charge is 0.508 e. The highest BCUT2D eigenvalue weighted by molar-refractivity contribution is 5.96. The van der Waals surface area contributed by atoms with Gasteiger partial charge < -0.3 is 16.2 Å². The Balaban J connectivity index is 2.92. The number of hydrogen-bond donors (Lipinski definition) is 3. The number of rotatable bonds is 2. The van der Waals surface area contributed by atoms with Crippen LogP contribution in [0.5, 0.6) is 5.75 Å². The van der Waals surface area contributed by atoms with Crippen LogP contribution in [0.25, 0.3) is 0 Å². The number of phenolic OH excluding ortho intramolecular Hbond substituents is 1. The fourth-order valence-corrected chi connectivity index (χ4v) is 1.54. The number of aromatic hydroxyl groups is 1. The number of aryl methyl sites for hydroxylation is 2. The van der Waals surface area contributed by atoms with E-state index in [0.717, 1.165) is 11.1 Å². The van der Waals surface area contributed by atoms with Gasteiger partial charge >= 0.3 is 0 Å². The van der Waals surface area contributed by atoms with E-state index in [4.69, 9.17) is 5.73 Å². The zero-order valence-electron chi connectivity index (χ0n) is 11.7. The highest BCUT2D eigenvalue weighted by Gasteiger charge is 2.27. The second-order valence-electron chi connectivity index (χ2n) is 5.79. The molecule has 0 bridgehead atoms. The lowest BCUT2D eigenvalue weighted by atomic mass is 9.87.